The van der Waals surface area contributed by atoms with Gasteiger partial charge in [-0.2, -0.15) is 0 Å². The SMILES string of the molecule is CC(C)(C)C(C)(O)c1ccc(Cl)cc1. The molecule has 78 valence electrons. The van der Waals surface area contributed by atoms with Crippen LogP contribution in [0.25, 0.3) is 0 Å². The van der Waals surface area contributed by atoms with Crippen molar-refractivity contribution in [2.45, 2.75) is 33.3 Å². The standard InChI is InChI=1S/C12H17ClO/c1-11(2,3)12(4,14)9-5-7-10(13)8-6-9/h5-8,14H,1-4H3. The Morgan fingerprint density at radius 1 is 1.00 bits per heavy atom. The Labute approximate surface area is 90.7 Å². The van der Waals surface area contributed by atoms with Crippen LogP contribution in [0.2, 0.25) is 5.02 Å². The number of halogens is 1. The maximum Gasteiger partial charge on any atom is 0.0916 e. The molecule has 0 aromatic heterocycles. The van der Waals surface area contributed by atoms with Gasteiger partial charge in [0.25, 0.3) is 0 Å². The molecule has 0 bridgehead atoms. The number of hydrogen-bond acceptors (Lipinski definition) is 1. The quantitative estimate of drug-likeness (QED) is 0.755. The topological polar surface area (TPSA) is 20.2 Å². The van der Waals surface area contributed by atoms with Gasteiger partial charge in [-0.1, -0.05) is 44.5 Å². The van der Waals surface area contributed by atoms with Crippen molar-refractivity contribution in [3.63, 3.8) is 0 Å². The van der Waals surface area contributed by atoms with Crippen molar-refractivity contribution in [1.29, 1.82) is 0 Å². The summed E-state index contributed by atoms with van der Waals surface area (Å²) < 4.78 is 0. The molecular formula is C12H17ClO. The summed E-state index contributed by atoms with van der Waals surface area (Å²) in [5.41, 5.74) is -0.132. The molecule has 0 aliphatic heterocycles. The number of hydrogen-bond donors (Lipinski definition) is 1. The molecule has 1 aromatic rings. The third-order valence-corrected chi connectivity index (χ3v) is 3.12. The Bertz CT molecular complexity index is 306. The zero-order chi connectivity index (χ0) is 11.0. The molecule has 1 rings (SSSR count). The van der Waals surface area contributed by atoms with Crippen LogP contribution in [0.4, 0.5) is 0 Å². The molecule has 0 aliphatic carbocycles. The van der Waals surface area contributed by atoms with Crippen molar-refractivity contribution >= 4 is 11.6 Å². The summed E-state index contributed by atoms with van der Waals surface area (Å²) in [7, 11) is 0. The molecule has 0 spiro atoms. The van der Waals surface area contributed by atoms with E-state index in [0.717, 1.165) is 5.56 Å². The molecule has 0 saturated heterocycles. The highest BCUT2D eigenvalue weighted by Crippen LogP contribution is 2.38. The molecule has 14 heavy (non-hydrogen) atoms. The van der Waals surface area contributed by atoms with Crippen molar-refractivity contribution < 1.29 is 5.11 Å². The third-order valence-electron chi connectivity index (χ3n) is 2.87. The number of aliphatic hydroxyl groups is 1. The van der Waals surface area contributed by atoms with E-state index in [-0.39, 0.29) is 5.41 Å². The van der Waals surface area contributed by atoms with Crippen LogP contribution in [-0.2, 0) is 5.60 Å². The van der Waals surface area contributed by atoms with Crippen molar-refractivity contribution in [3.05, 3.63) is 34.9 Å². The fourth-order valence-corrected chi connectivity index (χ4v) is 1.33. The number of rotatable bonds is 1. The molecule has 0 fully saturated rings. The zero-order valence-corrected chi connectivity index (χ0v) is 9.89. The van der Waals surface area contributed by atoms with Crippen LogP contribution in [-0.4, -0.2) is 5.11 Å². The lowest BCUT2D eigenvalue weighted by molar-refractivity contribution is -0.0470. The van der Waals surface area contributed by atoms with Crippen LogP contribution in [0.1, 0.15) is 33.3 Å². The van der Waals surface area contributed by atoms with Gasteiger partial charge < -0.3 is 5.11 Å². The molecule has 1 N–H and O–H groups in total. The van der Waals surface area contributed by atoms with E-state index in [4.69, 9.17) is 11.6 Å². The Hall–Kier alpha value is -0.530. The largest absolute Gasteiger partial charge is 0.385 e. The van der Waals surface area contributed by atoms with Gasteiger partial charge in [0.2, 0.25) is 0 Å². The van der Waals surface area contributed by atoms with Gasteiger partial charge >= 0.3 is 0 Å². The van der Waals surface area contributed by atoms with Gasteiger partial charge in [0.1, 0.15) is 0 Å². The summed E-state index contributed by atoms with van der Waals surface area (Å²) in [4.78, 5) is 0. The van der Waals surface area contributed by atoms with Crippen LogP contribution >= 0.6 is 11.6 Å². The van der Waals surface area contributed by atoms with Gasteiger partial charge in [-0.3, -0.25) is 0 Å². The minimum Gasteiger partial charge on any atom is -0.385 e. The summed E-state index contributed by atoms with van der Waals surface area (Å²) in [6.45, 7) is 7.88. The van der Waals surface area contributed by atoms with E-state index in [1.54, 1.807) is 12.1 Å². The van der Waals surface area contributed by atoms with Crippen LogP contribution in [0.3, 0.4) is 0 Å². The van der Waals surface area contributed by atoms with E-state index in [2.05, 4.69) is 0 Å². The smallest absolute Gasteiger partial charge is 0.0916 e. The minimum absolute atomic E-state index is 0.194. The van der Waals surface area contributed by atoms with Crippen LogP contribution in [0.15, 0.2) is 24.3 Å². The fourth-order valence-electron chi connectivity index (χ4n) is 1.21. The molecule has 1 unspecified atom stereocenters. The van der Waals surface area contributed by atoms with Crippen molar-refractivity contribution in [2.24, 2.45) is 5.41 Å². The molecule has 1 nitrogen and oxygen atoms in total. The number of benzene rings is 1. The highest BCUT2D eigenvalue weighted by Gasteiger charge is 2.36. The van der Waals surface area contributed by atoms with Crippen molar-refractivity contribution in [2.75, 3.05) is 0 Å². The maximum absolute atomic E-state index is 10.4. The lowest BCUT2D eigenvalue weighted by atomic mass is 9.73. The molecule has 0 heterocycles. The molecule has 1 aromatic carbocycles. The first-order valence-electron chi connectivity index (χ1n) is 4.73. The summed E-state index contributed by atoms with van der Waals surface area (Å²) in [5, 5.41) is 11.1. The molecular weight excluding hydrogens is 196 g/mol. The summed E-state index contributed by atoms with van der Waals surface area (Å²) in [6, 6.07) is 7.34. The normalized spacial score (nSPS) is 16.4. The Morgan fingerprint density at radius 2 is 1.43 bits per heavy atom. The van der Waals surface area contributed by atoms with E-state index in [1.807, 2.05) is 39.8 Å². The summed E-state index contributed by atoms with van der Waals surface area (Å²) in [5.74, 6) is 0. The molecule has 0 amide bonds. The van der Waals surface area contributed by atoms with E-state index in [1.165, 1.54) is 0 Å². The summed E-state index contributed by atoms with van der Waals surface area (Å²) >= 11 is 5.79. The first-order valence-corrected chi connectivity index (χ1v) is 5.11. The average molecular weight is 213 g/mol. The maximum atomic E-state index is 10.4. The first-order chi connectivity index (χ1) is 6.25. The van der Waals surface area contributed by atoms with Crippen molar-refractivity contribution in [3.8, 4) is 0 Å². The second kappa shape index (κ2) is 3.56. The van der Waals surface area contributed by atoms with E-state index in [9.17, 15) is 5.11 Å². The predicted molar refractivity (Wildman–Crippen MR) is 60.5 cm³/mol. The highest BCUT2D eigenvalue weighted by molar-refractivity contribution is 6.30. The Morgan fingerprint density at radius 3 is 1.79 bits per heavy atom. The van der Waals surface area contributed by atoms with E-state index >= 15 is 0 Å². The van der Waals surface area contributed by atoms with Gasteiger partial charge in [0.15, 0.2) is 0 Å². The lowest BCUT2D eigenvalue weighted by Gasteiger charge is -2.37. The fraction of sp³-hybridized carbons (Fsp3) is 0.500. The van der Waals surface area contributed by atoms with Crippen LogP contribution < -0.4 is 0 Å². The van der Waals surface area contributed by atoms with Crippen LogP contribution in [0, 0.1) is 5.41 Å². The highest BCUT2D eigenvalue weighted by atomic mass is 35.5. The Kier molecular flexibility index (Phi) is 2.93. The van der Waals surface area contributed by atoms with Crippen molar-refractivity contribution in [1.82, 2.24) is 0 Å². The molecule has 1 atom stereocenters. The monoisotopic (exact) mass is 212 g/mol. The lowest BCUT2D eigenvalue weighted by Crippen LogP contribution is -2.36. The molecule has 0 saturated carbocycles. The Balaban J connectivity index is 3.10. The first kappa shape index (κ1) is 11.5. The molecule has 2 heteroatoms. The predicted octanol–water partition coefficient (Wildman–Crippen LogP) is 3.59. The van der Waals surface area contributed by atoms with Gasteiger partial charge in [-0.05, 0) is 30.0 Å². The second-order valence-corrected chi connectivity index (χ2v) is 5.27. The molecule has 0 aliphatic rings. The third kappa shape index (κ3) is 2.10. The minimum atomic E-state index is -0.836. The van der Waals surface area contributed by atoms with Gasteiger partial charge in [-0.15, -0.1) is 0 Å². The van der Waals surface area contributed by atoms with Gasteiger partial charge in [-0.25, -0.2) is 0 Å². The zero-order valence-electron chi connectivity index (χ0n) is 9.13. The van der Waals surface area contributed by atoms with E-state index in [0.29, 0.717) is 5.02 Å². The van der Waals surface area contributed by atoms with Gasteiger partial charge in [0, 0.05) is 5.02 Å². The average Bonchev–Trinajstić information content (AvgIpc) is 2.03. The second-order valence-electron chi connectivity index (χ2n) is 4.83. The summed E-state index contributed by atoms with van der Waals surface area (Å²) in [6.07, 6.45) is 0. The molecule has 0 radical (unpaired) electrons. The van der Waals surface area contributed by atoms with Crippen LogP contribution in [0.5, 0.6) is 0 Å². The van der Waals surface area contributed by atoms with Gasteiger partial charge in [0.05, 0.1) is 5.60 Å². The van der Waals surface area contributed by atoms with E-state index < -0.39 is 5.60 Å².